The van der Waals surface area contributed by atoms with E-state index in [2.05, 4.69) is 46.3 Å². The van der Waals surface area contributed by atoms with Gasteiger partial charge in [-0.1, -0.05) is 36.4 Å². The molecule has 0 unspecified atom stereocenters. The number of carbonyl (C=O) groups is 1. The Balaban J connectivity index is 1.40. The fraction of sp³-hybridized carbons (Fsp3) is 0.333. The molecule has 1 saturated heterocycles. The topological polar surface area (TPSA) is 48.5 Å². The number of aromatic nitrogens is 1. The largest absolute Gasteiger partial charge is 0.368 e. The Hall–Kier alpha value is -3.08. The second-order valence-electron chi connectivity index (χ2n) is 8.05. The summed E-state index contributed by atoms with van der Waals surface area (Å²) in [5, 5.41) is 4.06. The number of hydrogen-bond acceptors (Lipinski definition) is 4. The molecule has 0 spiro atoms. The predicted octanol–water partition coefficient (Wildman–Crippen LogP) is 3.76. The van der Waals surface area contributed by atoms with E-state index >= 15 is 0 Å². The van der Waals surface area contributed by atoms with Gasteiger partial charge in [0.1, 0.15) is 5.82 Å². The number of fused-ring (bicyclic) bond motifs is 1. The van der Waals surface area contributed by atoms with E-state index in [0.717, 1.165) is 61.3 Å². The molecule has 1 N–H and O–H groups in total. The summed E-state index contributed by atoms with van der Waals surface area (Å²) in [6.45, 7) is 5.84. The Bertz CT molecular complexity index is 1050. The predicted molar refractivity (Wildman–Crippen MR) is 118 cm³/mol. The summed E-state index contributed by atoms with van der Waals surface area (Å²) in [4.78, 5) is 22.5. The molecule has 0 radical (unpaired) electrons. The quantitative estimate of drug-likeness (QED) is 0.742. The maximum absolute atomic E-state index is 12.9. The summed E-state index contributed by atoms with van der Waals surface area (Å²) in [7, 11) is 0. The van der Waals surface area contributed by atoms with Crippen molar-refractivity contribution in [2.75, 3.05) is 36.0 Å². The third-order valence-electron chi connectivity index (χ3n) is 5.92. The highest BCUT2D eigenvalue weighted by Gasteiger charge is 2.26. The van der Waals surface area contributed by atoms with Crippen molar-refractivity contribution in [2.24, 2.45) is 0 Å². The van der Waals surface area contributed by atoms with E-state index in [-0.39, 0.29) is 5.91 Å². The van der Waals surface area contributed by atoms with Gasteiger partial charge in [0.05, 0.1) is 11.1 Å². The summed E-state index contributed by atoms with van der Waals surface area (Å²) in [5.41, 5.74) is 4.23. The van der Waals surface area contributed by atoms with Crippen LogP contribution in [-0.4, -0.2) is 43.1 Å². The van der Waals surface area contributed by atoms with Gasteiger partial charge in [0, 0.05) is 43.3 Å². The number of para-hydroxylation sites is 2. The Morgan fingerprint density at radius 2 is 1.66 bits per heavy atom. The Kier molecular flexibility index (Phi) is 4.58. The number of benzene rings is 2. The zero-order valence-electron chi connectivity index (χ0n) is 16.8. The number of anilines is 2. The van der Waals surface area contributed by atoms with Crippen LogP contribution in [0.4, 0.5) is 11.5 Å². The summed E-state index contributed by atoms with van der Waals surface area (Å²) in [6, 6.07) is 18.8. The van der Waals surface area contributed by atoms with E-state index in [9.17, 15) is 4.79 Å². The van der Waals surface area contributed by atoms with Gasteiger partial charge in [0.15, 0.2) is 0 Å². The molecule has 0 atom stereocenters. The van der Waals surface area contributed by atoms with Crippen LogP contribution >= 0.6 is 0 Å². The van der Waals surface area contributed by atoms with Crippen LogP contribution in [0, 0.1) is 6.92 Å². The van der Waals surface area contributed by atoms with Gasteiger partial charge in [-0.05, 0) is 43.5 Å². The SMILES string of the molecule is Cc1ccccc1N1CCN(c2cc(C(=O)NC3CC3)c3ccccc3n2)CC1. The molecule has 5 rings (SSSR count). The van der Waals surface area contributed by atoms with Gasteiger partial charge < -0.3 is 15.1 Å². The monoisotopic (exact) mass is 386 g/mol. The van der Waals surface area contributed by atoms with Gasteiger partial charge in [-0.25, -0.2) is 4.98 Å². The van der Waals surface area contributed by atoms with Crippen molar-refractivity contribution in [3.63, 3.8) is 0 Å². The maximum atomic E-state index is 12.9. The van der Waals surface area contributed by atoms with E-state index in [0.29, 0.717) is 6.04 Å². The highest BCUT2D eigenvalue weighted by Crippen LogP contribution is 2.27. The number of aryl methyl sites for hydroxylation is 1. The number of pyridine rings is 1. The molecule has 1 aliphatic heterocycles. The first-order valence-electron chi connectivity index (χ1n) is 10.5. The molecule has 1 amide bonds. The number of carbonyl (C=O) groups excluding carboxylic acids is 1. The lowest BCUT2D eigenvalue weighted by molar-refractivity contribution is 0.0952. The van der Waals surface area contributed by atoms with E-state index < -0.39 is 0 Å². The van der Waals surface area contributed by atoms with Gasteiger partial charge in [0.2, 0.25) is 0 Å². The van der Waals surface area contributed by atoms with E-state index in [4.69, 9.17) is 4.98 Å². The van der Waals surface area contributed by atoms with Gasteiger partial charge in [-0.3, -0.25) is 4.79 Å². The first-order chi connectivity index (χ1) is 14.2. The number of rotatable bonds is 4. The molecular weight excluding hydrogens is 360 g/mol. The lowest BCUT2D eigenvalue weighted by atomic mass is 10.1. The lowest BCUT2D eigenvalue weighted by Crippen LogP contribution is -2.47. The fourth-order valence-corrected chi connectivity index (χ4v) is 4.10. The molecule has 29 heavy (non-hydrogen) atoms. The lowest BCUT2D eigenvalue weighted by Gasteiger charge is -2.37. The van der Waals surface area contributed by atoms with Crippen LogP contribution in [0.15, 0.2) is 54.6 Å². The zero-order valence-corrected chi connectivity index (χ0v) is 16.8. The number of hydrogen-bond donors (Lipinski definition) is 1. The highest BCUT2D eigenvalue weighted by molar-refractivity contribution is 6.07. The molecule has 2 heterocycles. The average molecular weight is 386 g/mol. The summed E-state index contributed by atoms with van der Waals surface area (Å²) in [5.74, 6) is 0.917. The molecule has 5 nitrogen and oxygen atoms in total. The van der Waals surface area contributed by atoms with Crippen molar-refractivity contribution in [3.05, 3.63) is 65.7 Å². The second-order valence-corrected chi connectivity index (χ2v) is 8.05. The van der Waals surface area contributed by atoms with Crippen molar-refractivity contribution >= 4 is 28.3 Å². The second kappa shape index (κ2) is 7.39. The minimum atomic E-state index is 0.0193. The number of nitrogens with zero attached hydrogens (tertiary/aromatic N) is 3. The van der Waals surface area contributed by atoms with Crippen molar-refractivity contribution in [2.45, 2.75) is 25.8 Å². The number of nitrogens with one attached hydrogen (secondary N) is 1. The summed E-state index contributed by atoms with van der Waals surface area (Å²) < 4.78 is 0. The molecule has 2 fully saturated rings. The van der Waals surface area contributed by atoms with Gasteiger partial charge in [0.25, 0.3) is 5.91 Å². The van der Waals surface area contributed by atoms with Crippen LogP contribution < -0.4 is 15.1 Å². The third kappa shape index (κ3) is 3.65. The summed E-state index contributed by atoms with van der Waals surface area (Å²) in [6.07, 6.45) is 2.17. The fourth-order valence-electron chi connectivity index (χ4n) is 4.10. The van der Waals surface area contributed by atoms with Crippen molar-refractivity contribution in [1.82, 2.24) is 10.3 Å². The van der Waals surface area contributed by atoms with Crippen LogP contribution in [0.1, 0.15) is 28.8 Å². The van der Waals surface area contributed by atoms with Crippen LogP contribution in [0.2, 0.25) is 0 Å². The Morgan fingerprint density at radius 3 is 2.41 bits per heavy atom. The van der Waals surface area contributed by atoms with Crippen LogP contribution in [0.3, 0.4) is 0 Å². The molecule has 1 aliphatic carbocycles. The number of piperazine rings is 1. The van der Waals surface area contributed by atoms with Gasteiger partial charge in [-0.15, -0.1) is 0 Å². The van der Waals surface area contributed by atoms with Crippen molar-refractivity contribution < 1.29 is 4.79 Å². The molecule has 2 aliphatic rings. The normalized spacial score (nSPS) is 16.9. The Morgan fingerprint density at radius 1 is 0.966 bits per heavy atom. The average Bonchev–Trinajstić information content (AvgIpc) is 3.57. The van der Waals surface area contributed by atoms with Crippen LogP contribution in [-0.2, 0) is 0 Å². The maximum Gasteiger partial charge on any atom is 0.252 e. The smallest absolute Gasteiger partial charge is 0.252 e. The molecule has 3 aromatic rings. The molecule has 1 aromatic heterocycles. The summed E-state index contributed by atoms with van der Waals surface area (Å²) >= 11 is 0. The molecule has 148 valence electrons. The van der Waals surface area contributed by atoms with E-state index in [1.54, 1.807) is 0 Å². The Labute approximate surface area is 171 Å². The van der Waals surface area contributed by atoms with E-state index in [1.807, 2.05) is 30.3 Å². The molecule has 5 heteroatoms. The molecular formula is C24H26N4O. The number of amides is 1. The zero-order chi connectivity index (χ0) is 19.8. The van der Waals surface area contributed by atoms with E-state index in [1.165, 1.54) is 11.3 Å². The third-order valence-corrected chi connectivity index (χ3v) is 5.92. The standard InChI is InChI=1S/C24H26N4O/c1-17-6-2-5-9-22(17)27-12-14-28(15-13-27)23-16-20(24(29)25-18-10-11-18)19-7-3-4-8-21(19)26-23/h2-9,16,18H,10-15H2,1H3,(H,25,29). The van der Waals surface area contributed by atoms with Crippen LogP contribution in [0.5, 0.6) is 0 Å². The van der Waals surface area contributed by atoms with Crippen LogP contribution in [0.25, 0.3) is 10.9 Å². The molecule has 0 bridgehead atoms. The highest BCUT2D eigenvalue weighted by atomic mass is 16.1. The molecule has 2 aromatic carbocycles. The first-order valence-corrected chi connectivity index (χ1v) is 10.5. The van der Waals surface area contributed by atoms with Crippen molar-refractivity contribution in [3.8, 4) is 0 Å². The minimum Gasteiger partial charge on any atom is -0.368 e. The van der Waals surface area contributed by atoms with Gasteiger partial charge in [-0.2, -0.15) is 0 Å². The minimum absolute atomic E-state index is 0.0193. The van der Waals surface area contributed by atoms with Gasteiger partial charge >= 0.3 is 0 Å². The van der Waals surface area contributed by atoms with Crippen molar-refractivity contribution in [1.29, 1.82) is 0 Å². The first kappa shape index (κ1) is 18.0. The molecule has 1 saturated carbocycles.